The number of hydrogen-bond donors (Lipinski definition) is 1. The van der Waals surface area contributed by atoms with Crippen molar-refractivity contribution in [3.05, 3.63) is 72.4 Å². The molecule has 3 aromatic rings. The molecule has 0 radical (unpaired) electrons. The number of hydrogen-bond acceptors (Lipinski definition) is 5. The van der Waals surface area contributed by atoms with Crippen molar-refractivity contribution in [3.63, 3.8) is 0 Å². The molecule has 2 aromatic carbocycles. The van der Waals surface area contributed by atoms with Crippen LogP contribution in [0.3, 0.4) is 0 Å². The van der Waals surface area contributed by atoms with E-state index in [0.717, 1.165) is 11.3 Å². The minimum absolute atomic E-state index is 0.107. The van der Waals surface area contributed by atoms with Crippen LogP contribution in [0.1, 0.15) is 12.6 Å². The summed E-state index contributed by atoms with van der Waals surface area (Å²) in [5, 5.41) is 2.75. The lowest BCUT2D eigenvalue weighted by Gasteiger charge is -2.09. The molecular formula is C21H20FN3O3. The molecule has 1 aromatic heterocycles. The van der Waals surface area contributed by atoms with Crippen molar-refractivity contribution in [1.82, 2.24) is 15.3 Å². The predicted octanol–water partition coefficient (Wildman–Crippen LogP) is 3.38. The number of nitrogens with zero attached hydrogens (tertiary/aromatic N) is 2. The number of carbonyl (C=O) groups excluding carboxylic acids is 1. The third-order valence-electron chi connectivity index (χ3n) is 3.84. The molecule has 3 rings (SSSR count). The van der Waals surface area contributed by atoms with Crippen molar-refractivity contribution >= 4 is 5.91 Å². The van der Waals surface area contributed by atoms with Crippen molar-refractivity contribution in [2.75, 3.05) is 13.2 Å². The average Bonchev–Trinajstić information content (AvgIpc) is 2.73. The van der Waals surface area contributed by atoms with E-state index in [0.29, 0.717) is 23.7 Å². The van der Waals surface area contributed by atoms with Crippen LogP contribution < -0.4 is 14.8 Å². The van der Waals surface area contributed by atoms with Gasteiger partial charge in [-0.3, -0.25) is 4.79 Å². The molecule has 1 N–H and O–H groups in total. The summed E-state index contributed by atoms with van der Waals surface area (Å²) < 4.78 is 23.9. The van der Waals surface area contributed by atoms with Gasteiger partial charge >= 0.3 is 0 Å². The first kappa shape index (κ1) is 19.3. The molecule has 1 heterocycles. The molecule has 0 bridgehead atoms. The van der Waals surface area contributed by atoms with Crippen molar-refractivity contribution < 1.29 is 18.7 Å². The van der Waals surface area contributed by atoms with Gasteiger partial charge in [0.25, 0.3) is 5.91 Å². The molecule has 0 unspecified atom stereocenters. The van der Waals surface area contributed by atoms with Gasteiger partial charge < -0.3 is 14.8 Å². The maximum Gasteiger partial charge on any atom is 0.258 e. The van der Waals surface area contributed by atoms with Crippen LogP contribution in [0, 0.1) is 5.82 Å². The predicted molar refractivity (Wildman–Crippen MR) is 102 cm³/mol. The summed E-state index contributed by atoms with van der Waals surface area (Å²) in [6.07, 6.45) is 1.41. The van der Waals surface area contributed by atoms with Crippen LogP contribution in [0.4, 0.5) is 4.39 Å². The van der Waals surface area contributed by atoms with Gasteiger partial charge in [0.1, 0.15) is 23.6 Å². The molecule has 0 fully saturated rings. The highest BCUT2D eigenvalue weighted by Crippen LogP contribution is 2.18. The van der Waals surface area contributed by atoms with E-state index < -0.39 is 0 Å². The molecule has 28 heavy (non-hydrogen) atoms. The Morgan fingerprint density at radius 2 is 1.68 bits per heavy atom. The topological polar surface area (TPSA) is 73.3 Å². The lowest BCUT2D eigenvalue weighted by atomic mass is 10.1. The maximum absolute atomic E-state index is 13.0. The third kappa shape index (κ3) is 5.51. The summed E-state index contributed by atoms with van der Waals surface area (Å²) in [5.74, 6) is 0.757. The van der Waals surface area contributed by atoms with Gasteiger partial charge in [0.05, 0.1) is 24.5 Å². The molecule has 0 aliphatic rings. The fraction of sp³-hybridized carbons (Fsp3) is 0.190. The lowest BCUT2D eigenvalue weighted by Crippen LogP contribution is -2.28. The van der Waals surface area contributed by atoms with Crippen LogP contribution in [0.15, 0.2) is 60.9 Å². The summed E-state index contributed by atoms with van der Waals surface area (Å²) in [5.41, 5.74) is 2.07. The van der Waals surface area contributed by atoms with Crippen LogP contribution in [0.25, 0.3) is 11.3 Å². The largest absolute Gasteiger partial charge is 0.494 e. The maximum atomic E-state index is 13.0. The summed E-state index contributed by atoms with van der Waals surface area (Å²) in [4.78, 5) is 20.3. The van der Waals surface area contributed by atoms with Crippen molar-refractivity contribution in [2.45, 2.75) is 13.5 Å². The Morgan fingerprint density at radius 1 is 1.00 bits per heavy atom. The van der Waals surface area contributed by atoms with Crippen molar-refractivity contribution in [1.29, 1.82) is 0 Å². The Hall–Kier alpha value is -3.48. The molecule has 0 saturated carbocycles. The Morgan fingerprint density at radius 3 is 2.36 bits per heavy atom. The second kappa shape index (κ2) is 9.45. The summed E-state index contributed by atoms with van der Waals surface area (Å²) in [7, 11) is 0. The molecule has 0 aliphatic heterocycles. The van der Waals surface area contributed by atoms with Gasteiger partial charge in [-0.1, -0.05) is 0 Å². The zero-order chi connectivity index (χ0) is 19.8. The molecule has 6 nitrogen and oxygen atoms in total. The highest BCUT2D eigenvalue weighted by atomic mass is 19.1. The molecule has 144 valence electrons. The third-order valence-corrected chi connectivity index (χ3v) is 3.84. The highest BCUT2D eigenvalue weighted by molar-refractivity contribution is 5.77. The van der Waals surface area contributed by atoms with E-state index in [9.17, 15) is 9.18 Å². The Bertz CT molecular complexity index is 915. The van der Waals surface area contributed by atoms with Gasteiger partial charge in [0.2, 0.25) is 0 Å². The molecule has 7 heteroatoms. The smallest absolute Gasteiger partial charge is 0.258 e. The monoisotopic (exact) mass is 381 g/mol. The number of carbonyl (C=O) groups is 1. The number of halogens is 1. The Labute approximate surface area is 162 Å². The molecule has 0 saturated heterocycles. The van der Waals surface area contributed by atoms with E-state index in [-0.39, 0.29) is 24.9 Å². The first-order valence-electron chi connectivity index (χ1n) is 8.83. The fourth-order valence-corrected chi connectivity index (χ4v) is 2.46. The quantitative estimate of drug-likeness (QED) is 0.648. The van der Waals surface area contributed by atoms with Crippen LogP contribution in [-0.4, -0.2) is 29.1 Å². The van der Waals surface area contributed by atoms with E-state index >= 15 is 0 Å². The van der Waals surface area contributed by atoms with Gasteiger partial charge in [-0.15, -0.1) is 0 Å². The highest BCUT2D eigenvalue weighted by Gasteiger charge is 2.06. The standard InChI is InChI=1S/C21H20FN3O3/c1-2-27-18-7-9-19(10-8-18)28-13-21(26)23-12-17-11-20(25-14-24-17)15-3-5-16(22)6-4-15/h3-11,14H,2,12-13H2,1H3,(H,23,26). The number of benzene rings is 2. The SMILES string of the molecule is CCOc1ccc(OCC(=O)NCc2cc(-c3ccc(F)cc3)ncn2)cc1. The van der Waals surface area contributed by atoms with Gasteiger partial charge in [-0.25, -0.2) is 14.4 Å². The Balaban J connectivity index is 1.50. The van der Waals surface area contributed by atoms with E-state index in [4.69, 9.17) is 9.47 Å². The van der Waals surface area contributed by atoms with Crippen molar-refractivity contribution in [3.8, 4) is 22.8 Å². The van der Waals surface area contributed by atoms with E-state index in [2.05, 4.69) is 15.3 Å². The minimum atomic E-state index is -0.308. The number of nitrogens with one attached hydrogen (secondary N) is 1. The first-order chi connectivity index (χ1) is 13.6. The number of amides is 1. The fourth-order valence-electron chi connectivity index (χ4n) is 2.46. The van der Waals surface area contributed by atoms with Gasteiger partial charge in [-0.2, -0.15) is 0 Å². The minimum Gasteiger partial charge on any atom is -0.494 e. The van der Waals surface area contributed by atoms with E-state index in [1.54, 1.807) is 42.5 Å². The molecular weight excluding hydrogens is 361 g/mol. The summed E-state index contributed by atoms with van der Waals surface area (Å²) in [6.45, 7) is 2.63. The van der Waals surface area contributed by atoms with Gasteiger partial charge in [0, 0.05) is 5.56 Å². The van der Waals surface area contributed by atoms with Crippen LogP contribution in [0.5, 0.6) is 11.5 Å². The zero-order valence-corrected chi connectivity index (χ0v) is 15.4. The second-order valence-corrected chi connectivity index (χ2v) is 5.87. The molecule has 0 aliphatic carbocycles. The van der Waals surface area contributed by atoms with Crippen LogP contribution >= 0.6 is 0 Å². The van der Waals surface area contributed by atoms with Crippen molar-refractivity contribution in [2.24, 2.45) is 0 Å². The van der Waals surface area contributed by atoms with E-state index in [1.807, 2.05) is 6.92 Å². The lowest BCUT2D eigenvalue weighted by molar-refractivity contribution is -0.123. The molecule has 1 amide bonds. The first-order valence-corrected chi connectivity index (χ1v) is 8.83. The number of rotatable bonds is 8. The molecule has 0 spiro atoms. The summed E-state index contributed by atoms with van der Waals surface area (Å²) >= 11 is 0. The van der Waals surface area contributed by atoms with Crippen LogP contribution in [0.2, 0.25) is 0 Å². The average molecular weight is 381 g/mol. The Kier molecular flexibility index (Phi) is 6.51. The normalized spacial score (nSPS) is 10.4. The van der Waals surface area contributed by atoms with Crippen LogP contribution in [-0.2, 0) is 11.3 Å². The number of aromatic nitrogens is 2. The molecule has 0 atom stereocenters. The second-order valence-electron chi connectivity index (χ2n) is 5.87. The summed E-state index contributed by atoms with van der Waals surface area (Å²) in [6, 6.07) is 14.9. The number of ether oxygens (including phenoxy) is 2. The van der Waals surface area contributed by atoms with Gasteiger partial charge in [0.15, 0.2) is 6.61 Å². The zero-order valence-electron chi connectivity index (χ0n) is 15.4. The van der Waals surface area contributed by atoms with Gasteiger partial charge in [-0.05, 0) is 61.5 Å². The van der Waals surface area contributed by atoms with E-state index in [1.165, 1.54) is 18.5 Å².